The first-order chi connectivity index (χ1) is 16.3. The van der Waals surface area contributed by atoms with Crippen molar-refractivity contribution in [2.75, 3.05) is 32.1 Å². The van der Waals surface area contributed by atoms with Crippen molar-refractivity contribution in [1.29, 1.82) is 0 Å². The fourth-order valence-electron chi connectivity index (χ4n) is 3.87. The van der Waals surface area contributed by atoms with E-state index in [0.717, 1.165) is 5.69 Å². The van der Waals surface area contributed by atoms with Gasteiger partial charge in [0.05, 0.1) is 42.9 Å². The van der Waals surface area contributed by atoms with Crippen molar-refractivity contribution < 1.29 is 23.8 Å². The first-order valence-electron chi connectivity index (χ1n) is 11.5. The first-order valence-corrected chi connectivity index (χ1v) is 11.5. The Hall–Kier alpha value is -3.05. The zero-order chi connectivity index (χ0) is 24.7. The number of aliphatic hydroxyl groups is 1. The van der Waals surface area contributed by atoms with Crippen molar-refractivity contribution in [3.8, 4) is 0 Å². The second kappa shape index (κ2) is 11.9. The molecular weight excluding hydrogens is 443 g/mol. The normalized spacial score (nSPS) is 20.6. The number of aliphatic hydroxyl groups excluding tert-OH is 1. The fourth-order valence-corrected chi connectivity index (χ4v) is 3.87. The van der Waals surface area contributed by atoms with E-state index in [-0.39, 0.29) is 43.3 Å². The van der Waals surface area contributed by atoms with E-state index in [2.05, 4.69) is 15.6 Å². The highest BCUT2D eigenvalue weighted by Gasteiger charge is 2.29. The molecule has 1 aromatic heterocycles. The molecule has 11 heteroatoms. The Morgan fingerprint density at radius 2 is 2.18 bits per heavy atom. The van der Waals surface area contributed by atoms with Gasteiger partial charge in [0, 0.05) is 39.0 Å². The Balaban J connectivity index is 1.77. The third kappa shape index (κ3) is 6.51. The molecule has 2 N–H and O–H groups in total. The molecule has 2 heterocycles. The number of anilines is 1. The van der Waals surface area contributed by atoms with Crippen LogP contribution < -0.4 is 5.32 Å². The van der Waals surface area contributed by atoms with Crippen LogP contribution in [0.1, 0.15) is 32.4 Å². The van der Waals surface area contributed by atoms with E-state index in [9.17, 15) is 19.1 Å². The number of rotatable bonds is 5. The van der Waals surface area contributed by atoms with Crippen molar-refractivity contribution in [2.24, 2.45) is 5.92 Å². The van der Waals surface area contributed by atoms with Crippen LogP contribution in [0.25, 0.3) is 0 Å². The van der Waals surface area contributed by atoms with Crippen molar-refractivity contribution in [2.45, 2.75) is 52.0 Å². The number of ether oxygens (including phenoxy) is 1. The number of hydrogen-bond donors (Lipinski definition) is 2. The summed E-state index contributed by atoms with van der Waals surface area (Å²) in [7, 11) is 1.60. The van der Waals surface area contributed by atoms with Gasteiger partial charge in [0.15, 0.2) is 0 Å². The smallest absolute Gasteiger partial charge is 0.321 e. The van der Waals surface area contributed by atoms with E-state index in [1.165, 1.54) is 17.0 Å². The maximum Gasteiger partial charge on any atom is 0.321 e. The molecule has 0 unspecified atom stereocenters. The van der Waals surface area contributed by atoms with E-state index < -0.39 is 18.0 Å². The molecule has 0 bridgehead atoms. The second-order valence-electron chi connectivity index (χ2n) is 8.75. The second-order valence-corrected chi connectivity index (χ2v) is 8.75. The number of fused-ring (bicyclic) bond motifs is 1. The Labute approximate surface area is 198 Å². The first kappa shape index (κ1) is 25.6. The van der Waals surface area contributed by atoms with Gasteiger partial charge >= 0.3 is 6.03 Å². The van der Waals surface area contributed by atoms with Crippen molar-refractivity contribution in [1.82, 2.24) is 24.8 Å². The number of aryl methyl sites for hydroxylation is 1. The predicted octanol–water partition coefficient (Wildman–Crippen LogP) is 2.11. The average Bonchev–Trinajstić information content (AvgIpc) is 3.27. The maximum absolute atomic E-state index is 14.0. The van der Waals surface area contributed by atoms with Gasteiger partial charge in [0.1, 0.15) is 5.82 Å². The predicted molar refractivity (Wildman–Crippen MR) is 123 cm³/mol. The monoisotopic (exact) mass is 476 g/mol. The molecule has 3 amide bonds. The zero-order valence-corrected chi connectivity index (χ0v) is 19.9. The van der Waals surface area contributed by atoms with Crippen molar-refractivity contribution >= 4 is 17.6 Å². The van der Waals surface area contributed by atoms with Crippen LogP contribution in [0.2, 0.25) is 0 Å². The molecule has 0 fully saturated rings. The maximum atomic E-state index is 14.0. The van der Waals surface area contributed by atoms with Gasteiger partial charge in [0.2, 0.25) is 5.91 Å². The number of carbonyl (C=O) groups excluding carboxylic acids is 2. The van der Waals surface area contributed by atoms with Crippen LogP contribution in [-0.4, -0.2) is 80.7 Å². The molecule has 1 aliphatic heterocycles. The molecule has 2 aromatic rings. The van der Waals surface area contributed by atoms with Crippen LogP contribution in [0, 0.1) is 11.7 Å². The third-order valence-electron chi connectivity index (χ3n) is 6.06. The standard InChI is InChI=1S/C23H33FN6O4/c1-16-12-29(17(2)14-31)22(32)9-6-10-30-18(11-25-27-30)15-34-21(16)13-28(3)23(33)26-20-8-5-4-7-19(20)24/h4-5,7-8,11,16-17,21,31H,6,9-10,12-15H2,1-3H3,(H,26,33)/t16-,17-,21+/m0/s1. The summed E-state index contributed by atoms with van der Waals surface area (Å²) in [5, 5.41) is 20.3. The van der Waals surface area contributed by atoms with Gasteiger partial charge in [-0.05, 0) is 25.5 Å². The number of hydrogen-bond acceptors (Lipinski definition) is 6. The summed E-state index contributed by atoms with van der Waals surface area (Å²) in [5.74, 6) is -0.738. The summed E-state index contributed by atoms with van der Waals surface area (Å²) >= 11 is 0. The molecule has 1 aromatic carbocycles. The van der Waals surface area contributed by atoms with E-state index >= 15 is 0 Å². The SMILES string of the molecule is C[C@H]1CN([C@@H](C)CO)C(=O)CCCn2nncc2CO[C@@H]1CN(C)C(=O)Nc1ccccc1F. The molecule has 1 aliphatic rings. The summed E-state index contributed by atoms with van der Waals surface area (Å²) < 4.78 is 21.9. The molecule has 3 atom stereocenters. The number of nitrogens with zero attached hydrogens (tertiary/aromatic N) is 5. The van der Waals surface area contributed by atoms with Gasteiger partial charge in [0.25, 0.3) is 0 Å². The highest BCUT2D eigenvalue weighted by atomic mass is 19.1. The van der Waals surface area contributed by atoms with Gasteiger partial charge in [-0.3, -0.25) is 4.79 Å². The van der Waals surface area contributed by atoms with Gasteiger partial charge in [-0.15, -0.1) is 5.10 Å². The minimum atomic E-state index is -0.521. The van der Waals surface area contributed by atoms with Crippen LogP contribution >= 0.6 is 0 Å². The molecule has 3 rings (SSSR count). The Morgan fingerprint density at radius 1 is 1.41 bits per heavy atom. The number of halogens is 1. The van der Waals surface area contributed by atoms with Crippen LogP contribution in [-0.2, 0) is 22.7 Å². The molecule has 0 radical (unpaired) electrons. The lowest BCUT2D eigenvalue weighted by Gasteiger charge is -2.35. The molecule has 34 heavy (non-hydrogen) atoms. The lowest BCUT2D eigenvalue weighted by molar-refractivity contribution is -0.136. The average molecular weight is 477 g/mol. The molecule has 186 valence electrons. The summed E-state index contributed by atoms with van der Waals surface area (Å²) in [5.41, 5.74) is 0.875. The molecule has 0 saturated carbocycles. The molecular formula is C23H33FN6O4. The topological polar surface area (TPSA) is 113 Å². The summed E-state index contributed by atoms with van der Waals surface area (Å²) in [6.45, 7) is 4.94. The quantitative estimate of drug-likeness (QED) is 0.684. The number of benzene rings is 1. The molecule has 0 aliphatic carbocycles. The van der Waals surface area contributed by atoms with Gasteiger partial charge in [-0.1, -0.05) is 24.3 Å². The van der Waals surface area contributed by atoms with Gasteiger partial charge < -0.3 is 25.0 Å². The summed E-state index contributed by atoms with van der Waals surface area (Å²) in [4.78, 5) is 28.7. The highest BCUT2D eigenvalue weighted by Crippen LogP contribution is 2.19. The Bertz CT molecular complexity index is 970. The van der Waals surface area contributed by atoms with Crippen LogP contribution in [0.3, 0.4) is 0 Å². The number of likely N-dealkylation sites (N-methyl/N-ethyl adjacent to an activating group) is 1. The van der Waals surface area contributed by atoms with Crippen LogP contribution in [0.15, 0.2) is 30.5 Å². The van der Waals surface area contributed by atoms with E-state index in [1.807, 2.05) is 6.92 Å². The lowest BCUT2D eigenvalue weighted by Crippen LogP contribution is -2.48. The number of amides is 3. The van der Waals surface area contributed by atoms with Crippen LogP contribution in [0.4, 0.5) is 14.9 Å². The van der Waals surface area contributed by atoms with E-state index in [0.29, 0.717) is 25.9 Å². The number of aromatic nitrogens is 3. The highest BCUT2D eigenvalue weighted by molar-refractivity contribution is 5.89. The van der Waals surface area contributed by atoms with Gasteiger partial charge in [-0.2, -0.15) is 0 Å². The Kier molecular flexibility index (Phi) is 8.94. The van der Waals surface area contributed by atoms with Crippen molar-refractivity contribution in [3.05, 3.63) is 42.0 Å². The van der Waals surface area contributed by atoms with Gasteiger partial charge in [-0.25, -0.2) is 13.9 Å². The van der Waals surface area contributed by atoms with E-state index in [4.69, 9.17) is 4.74 Å². The number of carbonyl (C=O) groups is 2. The Morgan fingerprint density at radius 3 is 2.91 bits per heavy atom. The molecule has 0 saturated heterocycles. The lowest BCUT2D eigenvalue weighted by atomic mass is 10.0. The molecule has 10 nitrogen and oxygen atoms in total. The minimum Gasteiger partial charge on any atom is -0.394 e. The largest absolute Gasteiger partial charge is 0.394 e. The number of nitrogens with one attached hydrogen (secondary N) is 1. The minimum absolute atomic E-state index is 0.0555. The third-order valence-corrected chi connectivity index (χ3v) is 6.06. The van der Waals surface area contributed by atoms with Crippen LogP contribution in [0.5, 0.6) is 0 Å². The van der Waals surface area contributed by atoms with E-state index in [1.54, 1.807) is 41.9 Å². The molecule has 0 spiro atoms. The fraction of sp³-hybridized carbons (Fsp3) is 0.565. The van der Waals surface area contributed by atoms with Crippen molar-refractivity contribution in [3.63, 3.8) is 0 Å². The zero-order valence-electron chi connectivity index (χ0n) is 19.9. The summed E-state index contributed by atoms with van der Waals surface area (Å²) in [6, 6.07) is 5.14. The summed E-state index contributed by atoms with van der Waals surface area (Å²) in [6.07, 6.45) is 2.11. The number of para-hydroxylation sites is 1. The number of urea groups is 1.